The maximum Gasteiger partial charge on any atom is 0.137 e. The molecule has 0 fully saturated rings. The Morgan fingerprint density at radius 3 is 2.74 bits per heavy atom. The van der Waals surface area contributed by atoms with E-state index in [2.05, 4.69) is 9.97 Å². The number of nitrogens with zero attached hydrogens (tertiary/aromatic N) is 1. The van der Waals surface area contributed by atoms with Gasteiger partial charge in [0.2, 0.25) is 0 Å². The Bertz CT molecular complexity index is 719. The van der Waals surface area contributed by atoms with Crippen LogP contribution < -0.4 is 9.47 Å². The molecule has 0 atom stereocenters. The van der Waals surface area contributed by atoms with E-state index in [4.69, 9.17) is 9.47 Å². The fraction of sp³-hybridized carbons (Fsp3) is 0.133. The molecule has 0 aliphatic heterocycles. The lowest BCUT2D eigenvalue weighted by Crippen LogP contribution is -1.90. The third-order valence-corrected chi connectivity index (χ3v) is 3.15. The zero-order chi connectivity index (χ0) is 13.2. The second-order valence-corrected chi connectivity index (χ2v) is 4.17. The zero-order valence-electron chi connectivity index (χ0n) is 10.8. The number of pyridine rings is 1. The molecule has 3 rings (SSSR count). The molecule has 0 amide bonds. The topological polar surface area (TPSA) is 47.1 Å². The molecule has 1 N–H and O–H groups in total. The van der Waals surface area contributed by atoms with E-state index in [9.17, 15) is 0 Å². The molecule has 0 saturated heterocycles. The smallest absolute Gasteiger partial charge is 0.137 e. The second kappa shape index (κ2) is 4.65. The van der Waals surface area contributed by atoms with Gasteiger partial charge in [0.25, 0.3) is 0 Å². The molecule has 0 aliphatic rings. The summed E-state index contributed by atoms with van der Waals surface area (Å²) in [6, 6.07) is 9.76. The standard InChI is InChI=1S/C15H14N2O2/c1-18-10-5-6-11(14(8-10)19-2)13-9-17-15-12(13)4-3-7-16-15/h3-9H,1-2H3,(H,16,17). The van der Waals surface area contributed by atoms with Gasteiger partial charge in [-0.05, 0) is 24.3 Å². The fourth-order valence-electron chi connectivity index (χ4n) is 2.20. The second-order valence-electron chi connectivity index (χ2n) is 4.17. The molecule has 1 aromatic carbocycles. The minimum absolute atomic E-state index is 0.776. The van der Waals surface area contributed by atoms with Gasteiger partial charge in [0.1, 0.15) is 17.1 Å². The number of methoxy groups -OCH3 is 2. The van der Waals surface area contributed by atoms with E-state index in [-0.39, 0.29) is 0 Å². The summed E-state index contributed by atoms with van der Waals surface area (Å²) >= 11 is 0. The molecule has 0 spiro atoms. The van der Waals surface area contributed by atoms with Crippen molar-refractivity contribution in [2.45, 2.75) is 0 Å². The molecule has 4 nitrogen and oxygen atoms in total. The predicted molar refractivity (Wildman–Crippen MR) is 74.6 cm³/mol. The first-order chi connectivity index (χ1) is 9.33. The maximum atomic E-state index is 5.45. The van der Waals surface area contributed by atoms with Gasteiger partial charge in [-0.3, -0.25) is 0 Å². The number of hydrogen-bond donors (Lipinski definition) is 1. The van der Waals surface area contributed by atoms with Gasteiger partial charge < -0.3 is 14.5 Å². The average Bonchev–Trinajstić information content (AvgIpc) is 2.90. The Balaban J connectivity index is 2.21. The molecule has 96 valence electrons. The number of aromatic amines is 1. The third kappa shape index (κ3) is 1.91. The van der Waals surface area contributed by atoms with Crippen molar-refractivity contribution in [1.29, 1.82) is 0 Å². The van der Waals surface area contributed by atoms with Crippen LogP contribution in [-0.4, -0.2) is 24.2 Å². The Morgan fingerprint density at radius 1 is 1.05 bits per heavy atom. The largest absolute Gasteiger partial charge is 0.497 e. The van der Waals surface area contributed by atoms with Crippen LogP contribution in [0.3, 0.4) is 0 Å². The van der Waals surface area contributed by atoms with E-state index in [0.717, 1.165) is 33.7 Å². The monoisotopic (exact) mass is 254 g/mol. The summed E-state index contributed by atoms with van der Waals surface area (Å²) in [6.07, 6.45) is 3.72. The van der Waals surface area contributed by atoms with Crippen LogP contribution in [0.2, 0.25) is 0 Å². The first kappa shape index (κ1) is 11.6. The molecule has 19 heavy (non-hydrogen) atoms. The molecule has 2 heterocycles. The van der Waals surface area contributed by atoms with E-state index < -0.39 is 0 Å². The SMILES string of the molecule is COc1ccc(-c2c[nH]c3ncccc23)c(OC)c1. The van der Waals surface area contributed by atoms with Gasteiger partial charge in [-0.2, -0.15) is 0 Å². The molecule has 4 heteroatoms. The van der Waals surface area contributed by atoms with Crippen LogP contribution in [0.25, 0.3) is 22.2 Å². The van der Waals surface area contributed by atoms with Crippen molar-refractivity contribution >= 4 is 11.0 Å². The summed E-state index contributed by atoms with van der Waals surface area (Å²) < 4.78 is 10.7. The molecular weight excluding hydrogens is 240 g/mol. The quantitative estimate of drug-likeness (QED) is 0.780. The van der Waals surface area contributed by atoms with Crippen LogP contribution in [0.4, 0.5) is 0 Å². The summed E-state index contributed by atoms with van der Waals surface area (Å²) in [5.74, 6) is 1.56. The summed E-state index contributed by atoms with van der Waals surface area (Å²) in [4.78, 5) is 7.46. The Kier molecular flexibility index (Phi) is 2.83. The van der Waals surface area contributed by atoms with Crippen molar-refractivity contribution in [1.82, 2.24) is 9.97 Å². The van der Waals surface area contributed by atoms with E-state index in [1.54, 1.807) is 20.4 Å². The highest BCUT2D eigenvalue weighted by Crippen LogP contribution is 2.36. The lowest BCUT2D eigenvalue weighted by Gasteiger charge is -2.09. The number of H-pyrrole nitrogens is 1. The van der Waals surface area contributed by atoms with Crippen LogP contribution >= 0.6 is 0 Å². The highest BCUT2D eigenvalue weighted by molar-refractivity contribution is 5.95. The fourth-order valence-corrected chi connectivity index (χ4v) is 2.20. The first-order valence-corrected chi connectivity index (χ1v) is 5.98. The minimum Gasteiger partial charge on any atom is -0.497 e. The van der Waals surface area contributed by atoms with Gasteiger partial charge >= 0.3 is 0 Å². The van der Waals surface area contributed by atoms with E-state index in [0.29, 0.717) is 0 Å². The summed E-state index contributed by atoms with van der Waals surface area (Å²) in [5.41, 5.74) is 2.96. The number of aromatic nitrogens is 2. The van der Waals surface area contributed by atoms with Crippen molar-refractivity contribution in [2.24, 2.45) is 0 Å². The number of rotatable bonds is 3. The van der Waals surface area contributed by atoms with Gasteiger partial charge in [-0.25, -0.2) is 4.98 Å². The van der Waals surface area contributed by atoms with Crippen molar-refractivity contribution in [3.63, 3.8) is 0 Å². The lowest BCUT2D eigenvalue weighted by molar-refractivity contribution is 0.395. The summed E-state index contributed by atoms with van der Waals surface area (Å²) in [5, 5.41) is 1.07. The van der Waals surface area contributed by atoms with Gasteiger partial charge in [0.15, 0.2) is 0 Å². The number of nitrogens with one attached hydrogen (secondary N) is 1. The molecule has 0 aliphatic carbocycles. The Labute approximate surface area is 111 Å². The van der Waals surface area contributed by atoms with Crippen LogP contribution in [-0.2, 0) is 0 Å². The maximum absolute atomic E-state index is 5.45. The number of fused-ring (bicyclic) bond motifs is 1. The van der Waals surface area contributed by atoms with Crippen LogP contribution in [0.5, 0.6) is 11.5 Å². The molecule has 0 radical (unpaired) electrons. The zero-order valence-corrected chi connectivity index (χ0v) is 10.8. The molecule has 3 aromatic rings. The van der Waals surface area contributed by atoms with Crippen LogP contribution in [0.15, 0.2) is 42.7 Å². The lowest BCUT2D eigenvalue weighted by atomic mass is 10.0. The minimum atomic E-state index is 0.776. The van der Waals surface area contributed by atoms with Gasteiger partial charge in [-0.15, -0.1) is 0 Å². The van der Waals surface area contributed by atoms with Gasteiger partial charge in [0.05, 0.1) is 14.2 Å². The number of benzene rings is 1. The Hall–Kier alpha value is -2.49. The first-order valence-electron chi connectivity index (χ1n) is 5.98. The number of hydrogen-bond acceptors (Lipinski definition) is 3. The summed E-state index contributed by atoms with van der Waals surface area (Å²) in [6.45, 7) is 0. The van der Waals surface area contributed by atoms with Crippen molar-refractivity contribution in [3.05, 3.63) is 42.7 Å². The Morgan fingerprint density at radius 2 is 1.95 bits per heavy atom. The van der Waals surface area contributed by atoms with E-state index in [1.165, 1.54) is 0 Å². The predicted octanol–water partition coefficient (Wildman–Crippen LogP) is 3.25. The van der Waals surface area contributed by atoms with Gasteiger partial charge in [0, 0.05) is 35.0 Å². The molecule has 2 aromatic heterocycles. The normalized spacial score (nSPS) is 10.6. The number of ether oxygens (including phenoxy) is 2. The molecule has 0 unspecified atom stereocenters. The molecule has 0 saturated carbocycles. The third-order valence-electron chi connectivity index (χ3n) is 3.15. The molecular formula is C15H14N2O2. The van der Waals surface area contributed by atoms with Gasteiger partial charge in [-0.1, -0.05) is 0 Å². The van der Waals surface area contributed by atoms with Crippen molar-refractivity contribution in [3.8, 4) is 22.6 Å². The molecule has 0 bridgehead atoms. The highest BCUT2D eigenvalue weighted by Gasteiger charge is 2.12. The van der Waals surface area contributed by atoms with Crippen LogP contribution in [0, 0.1) is 0 Å². The van der Waals surface area contributed by atoms with Crippen molar-refractivity contribution < 1.29 is 9.47 Å². The summed E-state index contributed by atoms with van der Waals surface area (Å²) in [7, 11) is 3.30. The van der Waals surface area contributed by atoms with E-state index in [1.807, 2.05) is 36.5 Å². The van der Waals surface area contributed by atoms with E-state index >= 15 is 0 Å². The average molecular weight is 254 g/mol. The highest BCUT2D eigenvalue weighted by atomic mass is 16.5. The van der Waals surface area contributed by atoms with Crippen LogP contribution in [0.1, 0.15) is 0 Å². The van der Waals surface area contributed by atoms with Crippen molar-refractivity contribution in [2.75, 3.05) is 14.2 Å².